The van der Waals surface area contributed by atoms with Gasteiger partial charge in [0.2, 0.25) is 17.7 Å². The Kier molecular flexibility index (Phi) is 29.1. The first-order valence-corrected chi connectivity index (χ1v) is 15.2. The molecule has 9 nitrogen and oxygen atoms in total. The normalized spacial score (nSPS) is 11.6. The minimum Gasteiger partial charge on any atom is -1.00 e. The van der Waals surface area contributed by atoms with E-state index in [0.717, 1.165) is 43.6 Å². The van der Waals surface area contributed by atoms with Gasteiger partial charge in [0.25, 0.3) is 0 Å². The second-order valence-corrected chi connectivity index (χ2v) is 10.5. The van der Waals surface area contributed by atoms with Crippen molar-refractivity contribution in [2.75, 3.05) is 0 Å². The third-order valence-corrected chi connectivity index (χ3v) is 6.77. The van der Waals surface area contributed by atoms with Crippen molar-refractivity contribution in [3.63, 3.8) is 0 Å². The standard InChI is InChI=1S/C29H56N4O5.Na.H/c1-3-5-7-9-11-13-15-17-19-21-27(35)31-33(25(29(37)38)23-24-26(30)34)32-28(36)22-20-18-16-14-12-10-8-6-4-2;;/h25H,3-24H2,1-2H3,(H2,30,34)(H,31,35)(H,32,36)(H,37,38);;/q;+1;-1/t25-;;/m0../s1. The van der Waals surface area contributed by atoms with Crippen LogP contribution in [0.3, 0.4) is 0 Å². The van der Waals surface area contributed by atoms with Gasteiger partial charge in [0.05, 0.1) is 0 Å². The van der Waals surface area contributed by atoms with Crippen LogP contribution in [-0.2, 0) is 19.2 Å². The fraction of sp³-hybridized carbons (Fsp3) is 0.862. The van der Waals surface area contributed by atoms with Crippen molar-refractivity contribution in [1.82, 2.24) is 16.0 Å². The number of hydrogen-bond donors (Lipinski definition) is 4. The number of amides is 3. The molecule has 5 N–H and O–H groups in total. The molecule has 0 aromatic rings. The second-order valence-electron chi connectivity index (χ2n) is 10.5. The van der Waals surface area contributed by atoms with Crippen LogP contribution in [0.2, 0.25) is 0 Å². The predicted octanol–water partition coefficient (Wildman–Crippen LogP) is 3.03. The first kappa shape index (κ1) is 40.0. The molecule has 3 amide bonds. The van der Waals surface area contributed by atoms with Crippen LogP contribution in [0.5, 0.6) is 0 Å². The van der Waals surface area contributed by atoms with Crippen LogP contribution in [-0.4, -0.2) is 40.0 Å². The zero-order valence-corrected chi connectivity index (χ0v) is 27.2. The van der Waals surface area contributed by atoms with E-state index in [4.69, 9.17) is 5.73 Å². The Morgan fingerprint density at radius 3 is 1.28 bits per heavy atom. The Bertz CT molecular complexity index is 622. The van der Waals surface area contributed by atoms with Crippen molar-refractivity contribution < 1.29 is 55.3 Å². The third kappa shape index (κ3) is 25.5. The van der Waals surface area contributed by atoms with Crippen molar-refractivity contribution in [2.45, 2.75) is 161 Å². The first-order chi connectivity index (χ1) is 18.3. The van der Waals surface area contributed by atoms with E-state index in [1.807, 2.05) is 0 Å². The van der Waals surface area contributed by atoms with Crippen molar-refractivity contribution in [2.24, 2.45) is 5.73 Å². The Morgan fingerprint density at radius 1 is 0.641 bits per heavy atom. The molecule has 0 spiro atoms. The number of carbonyl (C=O) groups is 4. The monoisotopic (exact) mass is 564 g/mol. The number of nitrogens with zero attached hydrogens (tertiary/aromatic N) is 1. The van der Waals surface area contributed by atoms with Gasteiger partial charge >= 0.3 is 35.5 Å². The van der Waals surface area contributed by atoms with Gasteiger partial charge in [0.1, 0.15) is 6.04 Å². The number of nitrogens with one attached hydrogen (secondary N) is 2. The van der Waals surface area contributed by atoms with Gasteiger partial charge in [-0.2, -0.15) is 0 Å². The number of hydrazine groups is 2. The number of aliphatic carboxylic acids is 1. The third-order valence-electron chi connectivity index (χ3n) is 6.77. The molecule has 0 aliphatic carbocycles. The number of hydrogen-bond acceptors (Lipinski definition) is 5. The van der Waals surface area contributed by atoms with Gasteiger partial charge in [0, 0.05) is 19.3 Å². The molecule has 0 fully saturated rings. The molecule has 0 heterocycles. The number of unbranched alkanes of at least 4 members (excludes halogenated alkanes) is 16. The summed E-state index contributed by atoms with van der Waals surface area (Å²) in [6.07, 6.45) is 20.4. The summed E-state index contributed by atoms with van der Waals surface area (Å²) in [7, 11) is 0. The van der Waals surface area contributed by atoms with Crippen LogP contribution >= 0.6 is 0 Å². The molecule has 0 aromatic heterocycles. The molecule has 0 radical (unpaired) electrons. The van der Waals surface area contributed by atoms with E-state index in [2.05, 4.69) is 24.7 Å². The van der Waals surface area contributed by atoms with E-state index < -0.39 is 17.9 Å². The maximum absolute atomic E-state index is 12.5. The van der Waals surface area contributed by atoms with E-state index in [1.54, 1.807) is 0 Å². The molecule has 0 saturated heterocycles. The molecule has 1 atom stereocenters. The van der Waals surface area contributed by atoms with Crippen LogP contribution in [0, 0.1) is 0 Å². The largest absolute Gasteiger partial charge is 1.00 e. The van der Waals surface area contributed by atoms with Crippen LogP contribution in [0.1, 0.15) is 157 Å². The van der Waals surface area contributed by atoms with Crippen LogP contribution < -0.4 is 46.1 Å². The van der Waals surface area contributed by atoms with Gasteiger partial charge in [-0.15, -0.1) is 5.12 Å². The molecule has 0 aromatic carbocycles. The summed E-state index contributed by atoms with van der Waals surface area (Å²) in [5.74, 6) is -2.61. The minimum atomic E-state index is -1.29. The fourth-order valence-electron chi connectivity index (χ4n) is 4.40. The van der Waals surface area contributed by atoms with E-state index >= 15 is 0 Å². The predicted molar refractivity (Wildman–Crippen MR) is 153 cm³/mol. The molecule has 39 heavy (non-hydrogen) atoms. The Hall–Kier alpha value is -1.16. The molecule has 0 aliphatic rings. The number of rotatable bonds is 27. The number of carboxylic acids is 1. The zero-order valence-electron chi connectivity index (χ0n) is 26.2. The SMILES string of the molecule is CCCCCCCCCCCC(=O)NN(NC(=O)CCCCCCCCCCC)[C@@H](CCC(N)=O)C(=O)O.[H-].[Na+]. The molecular weight excluding hydrogens is 507 g/mol. The van der Waals surface area contributed by atoms with Gasteiger partial charge < -0.3 is 12.3 Å². The van der Waals surface area contributed by atoms with Crippen molar-refractivity contribution in [1.29, 1.82) is 0 Å². The van der Waals surface area contributed by atoms with Gasteiger partial charge in [-0.25, -0.2) is 0 Å². The average molecular weight is 565 g/mol. The van der Waals surface area contributed by atoms with Crippen molar-refractivity contribution >= 4 is 23.7 Å². The molecule has 0 bridgehead atoms. The minimum absolute atomic E-state index is 0. The van der Waals surface area contributed by atoms with E-state index in [1.165, 1.54) is 64.2 Å². The number of carboxylic acid groups (broad SMARTS) is 1. The summed E-state index contributed by atoms with van der Waals surface area (Å²) in [4.78, 5) is 48.2. The molecule has 224 valence electrons. The summed E-state index contributed by atoms with van der Waals surface area (Å²) >= 11 is 0. The van der Waals surface area contributed by atoms with Gasteiger partial charge in [-0.1, -0.05) is 117 Å². The Morgan fingerprint density at radius 2 is 0.974 bits per heavy atom. The molecule has 10 heteroatoms. The average Bonchev–Trinajstić information content (AvgIpc) is 2.86. The number of carbonyl (C=O) groups excluding carboxylic acids is 3. The van der Waals surface area contributed by atoms with Crippen molar-refractivity contribution in [3.8, 4) is 0 Å². The van der Waals surface area contributed by atoms with E-state index in [0.29, 0.717) is 12.8 Å². The number of nitrogens with two attached hydrogens (primary N) is 1. The van der Waals surface area contributed by atoms with E-state index in [-0.39, 0.29) is 68.5 Å². The van der Waals surface area contributed by atoms with Crippen LogP contribution in [0.25, 0.3) is 0 Å². The Balaban J connectivity index is -0.00000684. The topological polar surface area (TPSA) is 142 Å². The molecule has 0 unspecified atom stereocenters. The molecular formula is C29H57N4NaO5. The molecule has 0 rings (SSSR count). The first-order valence-electron chi connectivity index (χ1n) is 15.2. The maximum Gasteiger partial charge on any atom is 1.00 e. The second kappa shape index (κ2) is 28.4. The quantitative estimate of drug-likeness (QED) is 0.0687. The summed E-state index contributed by atoms with van der Waals surface area (Å²) < 4.78 is 0. The number of primary amides is 1. The van der Waals surface area contributed by atoms with Crippen LogP contribution in [0.15, 0.2) is 0 Å². The zero-order chi connectivity index (χ0) is 28.4. The Labute approximate surface area is 260 Å². The smallest absolute Gasteiger partial charge is 1.00 e. The van der Waals surface area contributed by atoms with Gasteiger partial charge in [0.15, 0.2) is 0 Å². The van der Waals surface area contributed by atoms with Gasteiger partial charge in [-0.05, 0) is 19.3 Å². The van der Waals surface area contributed by atoms with E-state index in [9.17, 15) is 24.3 Å². The summed E-state index contributed by atoms with van der Waals surface area (Å²) in [6.45, 7) is 4.40. The van der Waals surface area contributed by atoms with Gasteiger partial charge in [-0.3, -0.25) is 30.0 Å². The van der Waals surface area contributed by atoms with Crippen molar-refractivity contribution in [3.05, 3.63) is 0 Å². The van der Waals surface area contributed by atoms with Crippen LogP contribution in [0.4, 0.5) is 0 Å². The molecule has 0 aliphatic heterocycles. The summed E-state index contributed by atoms with van der Waals surface area (Å²) in [6, 6.07) is -1.29. The molecule has 0 saturated carbocycles. The summed E-state index contributed by atoms with van der Waals surface area (Å²) in [5.41, 5.74) is 10.3. The fourth-order valence-corrected chi connectivity index (χ4v) is 4.40. The summed E-state index contributed by atoms with van der Waals surface area (Å²) in [5, 5.41) is 10.6. The maximum atomic E-state index is 12.5.